The zero-order valence-electron chi connectivity index (χ0n) is 5.96. The summed E-state index contributed by atoms with van der Waals surface area (Å²) in [5.41, 5.74) is 1.54. The Labute approximate surface area is 82.7 Å². The van der Waals surface area contributed by atoms with Gasteiger partial charge in [-0.15, -0.1) is 0 Å². The lowest BCUT2D eigenvalue weighted by Gasteiger charge is -1.98. The molecule has 60 valence electrons. The van der Waals surface area contributed by atoms with Crippen molar-refractivity contribution in [1.82, 2.24) is 9.97 Å². The van der Waals surface area contributed by atoms with Crippen LogP contribution in [0.1, 0.15) is 0 Å². The first-order valence-corrected chi connectivity index (χ1v) is 4.51. The van der Waals surface area contributed by atoms with Gasteiger partial charge in [0.05, 0.1) is 10.5 Å². The number of halogens is 2. The van der Waals surface area contributed by atoms with E-state index in [1.54, 1.807) is 12.3 Å². The number of hydrogen-bond donors (Lipinski definition) is 0. The fourth-order valence-electron chi connectivity index (χ4n) is 0.991. The van der Waals surface area contributed by atoms with Crippen molar-refractivity contribution in [3.63, 3.8) is 0 Å². The first-order valence-electron chi connectivity index (χ1n) is 3.34. The SMILES string of the molecule is Clc1cc(Br)nc2cccnc12. The third-order valence-corrected chi connectivity index (χ3v) is 2.18. The number of rotatable bonds is 0. The molecule has 0 aliphatic carbocycles. The number of fused-ring (bicyclic) bond motifs is 1. The molecular formula is C8H4BrClN2. The van der Waals surface area contributed by atoms with Crippen LogP contribution in [0.3, 0.4) is 0 Å². The highest BCUT2D eigenvalue weighted by molar-refractivity contribution is 9.10. The molecule has 0 fully saturated rings. The van der Waals surface area contributed by atoms with Crippen molar-refractivity contribution in [3.8, 4) is 0 Å². The van der Waals surface area contributed by atoms with Gasteiger partial charge in [-0.1, -0.05) is 11.6 Å². The molecule has 2 rings (SSSR count). The van der Waals surface area contributed by atoms with E-state index in [0.29, 0.717) is 5.02 Å². The number of nitrogens with zero attached hydrogens (tertiary/aromatic N) is 2. The highest BCUT2D eigenvalue weighted by Crippen LogP contribution is 2.22. The molecule has 0 aliphatic rings. The van der Waals surface area contributed by atoms with Crippen molar-refractivity contribution < 1.29 is 0 Å². The van der Waals surface area contributed by atoms with Gasteiger partial charge in [-0.3, -0.25) is 4.98 Å². The average molecular weight is 243 g/mol. The van der Waals surface area contributed by atoms with Crippen molar-refractivity contribution >= 4 is 38.6 Å². The van der Waals surface area contributed by atoms with E-state index < -0.39 is 0 Å². The first-order chi connectivity index (χ1) is 5.77. The minimum atomic E-state index is 0.618. The minimum absolute atomic E-state index is 0.618. The van der Waals surface area contributed by atoms with E-state index in [4.69, 9.17) is 11.6 Å². The van der Waals surface area contributed by atoms with Gasteiger partial charge in [-0.25, -0.2) is 4.98 Å². The van der Waals surface area contributed by atoms with Crippen LogP contribution in [0, 0.1) is 0 Å². The molecule has 2 aromatic rings. The predicted octanol–water partition coefficient (Wildman–Crippen LogP) is 3.05. The lowest BCUT2D eigenvalue weighted by Crippen LogP contribution is -1.83. The average Bonchev–Trinajstić information content (AvgIpc) is 2.04. The standard InChI is InChI=1S/C8H4BrClN2/c9-7-4-5(10)8-6(12-7)2-1-3-11-8/h1-4H. The normalized spacial score (nSPS) is 10.5. The van der Waals surface area contributed by atoms with E-state index in [1.807, 2.05) is 12.1 Å². The van der Waals surface area contributed by atoms with Gasteiger partial charge in [0, 0.05) is 6.20 Å². The summed E-state index contributed by atoms with van der Waals surface area (Å²) in [4.78, 5) is 8.31. The van der Waals surface area contributed by atoms with E-state index in [2.05, 4.69) is 25.9 Å². The zero-order chi connectivity index (χ0) is 8.55. The van der Waals surface area contributed by atoms with Crippen LogP contribution in [0.25, 0.3) is 11.0 Å². The van der Waals surface area contributed by atoms with Crippen molar-refractivity contribution in [2.45, 2.75) is 0 Å². The zero-order valence-corrected chi connectivity index (χ0v) is 8.30. The monoisotopic (exact) mass is 242 g/mol. The van der Waals surface area contributed by atoms with Crippen LogP contribution < -0.4 is 0 Å². The van der Waals surface area contributed by atoms with E-state index >= 15 is 0 Å². The van der Waals surface area contributed by atoms with E-state index in [9.17, 15) is 0 Å². The quantitative estimate of drug-likeness (QED) is 0.665. The fraction of sp³-hybridized carbons (Fsp3) is 0. The van der Waals surface area contributed by atoms with Gasteiger partial charge in [-0.05, 0) is 34.1 Å². The predicted molar refractivity (Wildman–Crippen MR) is 52.2 cm³/mol. The third kappa shape index (κ3) is 1.30. The number of hydrogen-bond acceptors (Lipinski definition) is 2. The van der Waals surface area contributed by atoms with E-state index in [0.717, 1.165) is 15.6 Å². The Hall–Kier alpha value is -0.670. The van der Waals surface area contributed by atoms with Crippen molar-refractivity contribution in [3.05, 3.63) is 34.0 Å². The molecule has 0 N–H and O–H groups in total. The van der Waals surface area contributed by atoms with Gasteiger partial charge >= 0.3 is 0 Å². The van der Waals surface area contributed by atoms with Crippen LogP contribution in [0.4, 0.5) is 0 Å². The second-order valence-electron chi connectivity index (χ2n) is 2.30. The number of aromatic nitrogens is 2. The molecule has 4 heteroatoms. The van der Waals surface area contributed by atoms with Gasteiger partial charge in [0.1, 0.15) is 10.1 Å². The molecule has 0 saturated carbocycles. The molecular weight excluding hydrogens is 239 g/mol. The molecule has 12 heavy (non-hydrogen) atoms. The van der Waals surface area contributed by atoms with Crippen molar-refractivity contribution in [2.24, 2.45) is 0 Å². The summed E-state index contributed by atoms with van der Waals surface area (Å²) >= 11 is 9.19. The summed E-state index contributed by atoms with van der Waals surface area (Å²) in [6.07, 6.45) is 1.70. The van der Waals surface area contributed by atoms with E-state index in [1.165, 1.54) is 0 Å². The van der Waals surface area contributed by atoms with Crippen molar-refractivity contribution in [1.29, 1.82) is 0 Å². The molecule has 2 heterocycles. The number of pyridine rings is 2. The van der Waals surface area contributed by atoms with Crippen LogP contribution in [0.2, 0.25) is 5.02 Å². The Balaban J connectivity index is 2.89. The molecule has 0 radical (unpaired) electrons. The van der Waals surface area contributed by atoms with Crippen molar-refractivity contribution in [2.75, 3.05) is 0 Å². The van der Waals surface area contributed by atoms with Crippen LogP contribution in [-0.4, -0.2) is 9.97 Å². The summed E-state index contributed by atoms with van der Waals surface area (Å²) in [7, 11) is 0. The Morgan fingerprint density at radius 2 is 2.25 bits per heavy atom. The molecule has 0 saturated heterocycles. The molecule has 2 aromatic heterocycles. The molecule has 0 aliphatic heterocycles. The molecule has 0 amide bonds. The third-order valence-electron chi connectivity index (χ3n) is 1.49. The topological polar surface area (TPSA) is 25.8 Å². The lowest BCUT2D eigenvalue weighted by atomic mass is 10.3. The smallest absolute Gasteiger partial charge is 0.108 e. The minimum Gasteiger partial charge on any atom is -0.253 e. The van der Waals surface area contributed by atoms with Crippen LogP contribution in [-0.2, 0) is 0 Å². The lowest BCUT2D eigenvalue weighted by molar-refractivity contribution is 1.30. The molecule has 0 unspecified atom stereocenters. The second-order valence-corrected chi connectivity index (χ2v) is 3.52. The Kier molecular flexibility index (Phi) is 1.98. The van der Waals surface area contributed by atoms with Gasteiger partial charge in [0.2, 0.25) is 0 Å². The molecule has 2 nitrogen and oxygen atoms in total. The maximum absolute atomic E-state index is 5.93. The highest BCUT2D eigenvalue weighted by Gasteiger charge is 2.01. The maximum Gasteiger partial charge on any atom is 0.108 e. The van der Waals surface area contributed by atoms with Gasteiger partial charge in [-0.2, -0.15) is 0 Å². The van der Waals surface area contributed by atoms with Gasteiger partial charge in [0.25, 0.3) is 0 Å². The summed E-state index contributed by atoms with van der Waals surface area (Å²) in [6.45, 7) is 0. The molecule has 0 bridgehead atoms. The Morgan fingerprint density at radius 1 is 1.42 bits per heavy atom. The highest BCUT2D eigenvalue weighted by atomic mass is 79.9. The van der Waals surface area contributed by atoms with Crippen LogP contribution in [0.15, 0.2) is 29.0 Å². The van der Waals surface area contributed by atoms with E-state index in [-0.39, 0.29) is 0 Å². The van der Waals surface area contributed by atoms with Crippen LogP contribution >= 0.6 is 27.5 Å². The fourth-order valence-corrected chi connectivity index (χ4v) is 1.79. The summed E-state index contributed by atoms with van der Waals surface area (Å²) < 4.78 is 0.730. The summed E-state index contributed by atoms with van der Waals surface area (Å²) in [5, 5.41) is 0.618. The van der Waals surface area contributed by atoms with Gasteiger partial charge in [0.15, 0.2) is 0 Å². The summed E-state index contributed by atoms with van der Waals surface area (Å²) in [6, 6.07) is 5.44. The van der Waals surface area contributed by atoms with Crippen LogP contribution in [0.5, 0.6) is 0 Å². The summed E-state index contributed by atoms with van der Waals surface area (Å²) in [5.74, 6) is 0. The van der Waals surface area contributed by atoms with Gasteiger partial charge < -0.3 is 0 Å². The molecule has 0 aromatic carbocycles. The second kappa shape index (κ2) is 2.99. The first kappa shape index (κ1) is 7.95. The Morgan fingerprint density at radius 3 is 3.08 bits per heavy atom. The molecule has 0 spiro atoms. The maximum atomic E-state index is 5.93. The Bertz CT molecular complexity index is 430. The molecule has 0 atom stereocenters. The largest absolute Gasteiger partial charge is 0.253 e.